The van der Waals surface area contributed by atoms with Crippen molar-refractivity contribution in [3.05, 3.63) is 18.1 Å². The van der Waals surface area contributed by atoms with E-state index in [1.807, 2.05) is 0 Å². The molecule has 0 aliphatic rings. The van der Waals surface area contributed by atoms with Crippen LogP contribution in [0.1, 0.15) is 37.7 Å². The number of carbonyl (C=O) groups is 1. The van der Waals surface area contributed by atoms with Gasteiger partial charge in [0, 0.05) is 5.54 Å². The number of carbonyl (C=O) groups excluding carboxylic acids is 1. The normalized spacial score (nSPS) is 11.0. The lowest BCUT2D eigenvalue weighted by molar-refractivity contribution is 0.0593. The Kier molecular flexibility index (Phi) is 3.82. The molecule has 0 unspecified atom stereocenters. The van der Waals surface area contributed by atoms with Crippen molar-refractivity contribution in [2.45, 2.75) is 32.7 Å². The van der Waals surface area contributed by atoms with Crippen molar-refractivity contribution < 1.29 is 9.53 Å². The molecule has 0 saturated carbocycles. The minimum absolute atomic E-state index is 0.0799. The molecule has 0 amide bonds. The van der Waals surface area contributed by atoms with Gasteiger partial charge >= 0.3 is 5.97 Å². The zero-order valence-electron chi connectivity index (χ0n) is 10.1. The van der Waals surface area contributed by atoms with Gasteiger partial charge in [-0.2, -0.15) is 0 Å². The second kappa shape index (κ2) is 4.92. The number of aromatic nitrogens is 2. The molecule has 0 aliphatic carbocycles. The summed E-state index contributed by atoms with van der Waals surface area (Å²) < 4.78 is 4.58. The van der Waals surface area contributed by atoms with E-state index in [1.54, 1.807) is 6.20 Å². The lowest BCUT2D eigenvalue weighted by Gasteiger charge is -2.24. The van der Waals surface area contributed by atoms with Gasteiger partial charge in [-0.3, -0.25) is 4.98 Å². The summed E-state index contributed by atoms with van der Waals surface area (Å²) in [5.74, 6) is 0.0974. The van der Waals surface area contributed by atoms with Crippen LogP contribution in [0.5, 0.6) is 0 Å². The molecule has 0 saturated heterocycles. The summed E-state index contributed by atoms with van der Waals surface area (Å²) in [6, 6.07) is 0. The summed E-state index contributed by atoms with van der Waals surface area (Å²) in [4.78, 5) is 19.3. The third kappa shape index (κ3) is 3.18. The van der Waals surface area contributed by atoms with Crippen LogP contribution in [0.4, 0.5) is 5.82 Å². The first kappa shape index (κ1) is 12.4. The largest absolute Gasteiger partial charge is 0.464 e. The van der Waals surface area contributed by atoms with E-state index >= 15 is 0 Å². The highest BCUT2D eigenvalue weighted by Crippen LogP contribution is 2.15. The van der Waals surface area contributed by atoms with Gasteiger partial charge < -0.3 is 10.1 Å². The zero-order chi connectivity index (χ0) is 12.2. The molecule has 1 rings (SSSR count). The van der Waals surface area contributed by atoms with Crippen LogP contribution in [0.3, 0.4) is 0 Å². The van der Waals surface area contributed by atoms with E-state index in [0.717, 1.165) is 6.42 Å². The summed E-state index contributed by atoms with van der Waals surface area (Å²) in [6.07, 6.45) is 3.91. The molecule has 5 nitrogen and oxygen atoms in total. The monoisotopic (exact) mass is 223 g/mol. The first-order chi connectivity index (χ1) is 7.48. The van der Waals surface area contributed by atoms with Crippen molar-refractivity contribution in [2.24, 2.45) is 0 Å². The summed E-state index contributed by atoms with van der Waals surface area (Å²) in [7, 11) is 1.32. The Balaban J connectivity index is 2.87. The Morgan fingerprint density at radius 1 is 1.50 bits per heavy atom. The van der Waals surface area contributed by atoms with Gasteiger partial charge in [0.2, 0.25) is 0 Å². The third-order valence-electron chi connectivity index (χ3n) is 2.38. The molecule has 88 valence electrons. The number of hydrogen-bond acceptors (Lipinski definition) is 5. The van der Waals surface area contributed by atoms with Gasteiger partial charge in [0.1, 0.15) is 5.82 Å². The molecule has 1 N–H and O–H groups in total. The Bertz CT molecular complexity index is 377. The van der Waals surface area contributed by atoms with Gasteiger partial charge in [-0.25, -0.2) is 9.78 Å². The second-order valence-corrected chi connectivity index (χ2v) is 4.14. The Morgan fingerprint density at radius 2 is 2.19 bits per heavy atom. The fourth-order valence-electron chi connectivity index (χ4n) is 1.06. The fourth-order valence-corrected chi connectivity index (χ4v) is 1.06. The lowest BCUT2D eigenvalue weighted by Crippen LogP contribution is -2.30. The zero-order valence-corrected chi connectivity index (χ0v) is 10.1. The molecule has 0 aliphatic heterocycles. The van der Waals surface area contributed by atoms with Crippen LogP contribution >= 0.6 is 0 Å². The van der Waals surface area contributed by atoms with Crippen molar-refractivity contribution in [3.63, 3.8) is 0 Å². The van der Waals surface area contributed by atoms with E-state index in [1.165, 1.54) is 13.3 Å². The number of nitrogens with one attached hydrogen (secondary N) is 1. The van der Waals surface area contributed by atoms with E-state index in [-0.39, 0.29) is 11.2 Å². The number of esters is 1. The van der Waals surface area contributed by atoms with E-state index in [4.69, 9.17) is 0 Å². The maximum absolute atomic E-state index is 11.2. The molecular weight excluding hydrogens is 206 g/mol. The molecule has 0 radical (unpaired) electrons. The molecule has 0 spiro atoms. The smallest absolute Gasteiger partial charge is 0.358 e. The number of rotatable bonds is 4. The minimum Gasteiger partial charge on any atom is -0.464 e. The molecule has 1 aromatic heterocycles. The number of ether oxygens (including phenoxy) is 1. The first-order valence-corrected chi connectivity index (χ1v) is 5.17. The maximum atomic E-state index is 11.2. The molecule has 1 heterocycles. The number of anilines is 1. The standard InChI is InChI=1S/C11H17N3O2/c1-5-11(2,3)14-9-7-12-6-8(13-9)10(15)16-4/h6-7H,5H2,1-4H3,(H,13,14). The summed E-state index contributed by atoms with van der Waals surface area (Å²) >= 11 is 0. The number of methoxy groups -OCH3 is 1. The lowest BCUT2D eigenvalue weighted by atomic mass is 10.0. The molecule has 0 fully saturated rings. The van der Waals surface area contributed by atoms with E-state index in [2.05, 4.69) is 40.8 Å². The minimum atomic E-state index is -0.481. The highest BCUT2D eigenvalue weighted by Gasteiger charge is 2.16. The Hall–Kier alpha value is -1.65. The summed E-state index contributed by atoms with van der Waals surface area (Å²) in [5, 5.41) is 3.21. The first-order valence-electron chi connectivity index (χ1n) is 5.17. The topological polar surface area (TPSA) is 64.1 Å². The van der Waals surface area contributed by atoms with Gasteiger partial charge in [0.15, 0.2) is 5.69 Å². The molecule has 0 atom stereocenters. The van der Waals surface area contributed by atoms with Crippen LogP contribution in [0.2, 0.25) is 0 Å². The Labute approximate surface area is 95.3 Å². The molecule has 0 bridgehead atoms. The van der Waals surface area contributed by atoms with Gasteiger partial charge in [-0.05, 0) is 20.3 Å². The quantitative estimate of drug-likeness (QED) is 0.789. The van der Waals surface area contributed by atoms with Crippen LogP contribution in [0.15, 0.2) is 12.4 Å². The second-order valence-electron chi connectivity index (χ2n) is 4.14. The van der Waals surface area contributed by atoms with E-state index < -0.39 is 5.97 Å². The van der Waals surface area contributed by atoms with E-state index in [9.17, 15) is 4.79 Å². The molecule has 0 aromatic carbocycles. The Morgan fingerprint density at radius 3 is 2.75 bits per heavy atom. The van der Waals surface area contributed by atoms with Crippen molar-refractivity contribution in [1.29, 1.82) is 0 Å². The summed E-state index contributed by atoms with van der Waals surface area (Å²) in [5.41, 5.74) is 0.128. The SMILES string of the molecule is CCC(C)(C)Nc1cncc(C(=O)OC)n1. The number of hydrogen-bond donors (Lipinski definition) is 1. The van der Waals surface area contributed by atoms with Crippen LogP contribution in [-0.2, 0) is 4.74 Å². The highest BCUT2D eigenvalue weighted by molar-refractivity contribution is 5.87. The maximum Gasteiger partial charge on any atom is 0.358 e. The predicted octanol–water partition coefficient (Wildman–Crippen LogP) is 1.86. The summed E-state index contributed by atoms with van der Waals surface area (Å²) in [6.45, 7) is 6.18. The third-order valence-corrected chi connectivity index (χ3v) is 2.38. The van der Waals surface area contributed by atoms with E-state index in [0.29, 0.717) is 5.82 Å². The van der Waals surface area contributed by atoms with Gasteiger partial charge in [0.05, 0.1) is 19.5 Å². The van der Waals surface area contributed by atoms with Crippen LogP contribution in [0.25, 0.3) is 0 Å². The predicted molar refractivity (Wildman–Crippen MR) is 61.4 cm³/mol. The highest BCUT2D eigenvalue weighted by atomic mass is 16.5. The molecule has 1 aromatic rings. The number of nitrogens with zero attached hydrogens (tertiary/aromatic N) is 2. The van der Waals surface area contributed by atoms with Crippen molar-refractivity contribution in [3.8, 4) is 0 Å². The van der Waals surface area contributed by atoms with Crippen LogP contribution in [0, 0.1) is 0 Å². The fraction of sp³-hybridized carbons (Fsp3) is 0.545. The van der Waals surface area contributed by atoms with Crippen molar-refractivity contribution in [2.75, 3.05) is 12.4 Å². The van der Waals surface area contributed by atoms with Gasteiger partial charge in [-0.1, -0.05) is 6.92 Å². The molecular formula is C11H17N3O2. The van der Waals surface area contributed by atoms with Crippen LogP contribution in [-0.4, -0.2) is 28.6 Å². The van der Waals surface area contributed by atoms with Crippen molar-refractivity contribution >= 4 is 11.8 Å². The van der Waals surface area contributed by atoms with Gasteiger partial charge in [0.25, 0.3) is 0 Å². The average Bonchev–Trinajstić information content (AvgIpc) is 2.28. The van der Waals surface area contributed by atoms with Gasteiger partial charge in [-0.15, -0.1) is 0 Å². The molecule has 16 heavy (non-hydrogen) atoms. The van der Waals surface area contributed by atoms with Crippen LogP contribution < -0.4 is 5.32 Å². The average molecular weight is 223 g/mol. The van der Waals surface area contributed by atoms with Crippen molar-refractivity contribution in [1.82, 2.24) is 9.97 Å². The molecule has 5 heteroatoms.